The van der Waals surface area contributed by atoms with Gasteiger partial charge in [0.2, 0.25) is 0 Å². The Balaban J connectivity index is 0.997. The Kier molecular flexibility index (Phi) is 6.55. The van der Waals surface area contributed by atoms with Crippen LogP contribution >= 0.6 is 0 Å². The highest BCUT2D eigenvalue weighted by atomic mass is 16.3. The first-order valence-electron chi connectivity index (χ1n) is 18.0. The van der Waals surface area contributed by atoms with Crippen molar-refractivity contribution < 1.29 is 4.42 Å². The number of hydrogen-bond acceptors (Lipinski definition) is 3. The van der Waals surface area contributed by atoms with E-state index in [1.54, 1.807) is 6.33 Å². The molecule has 0 N–H and O–H groups in total. The molecule has 0 unspecified atom stereocenters. The predicted molar refractivity (Wildman–Crippen MR) is 221 cm³/mol. The monoisotopic (exact) mass is 674 g/mol. The van der Waals surface area contributed by atoms with E-state index in [4.69, 9.17) is 14.4 Å². The summed E-state index contributed by atoms with van der Waals surface area (Å²) in [5, 5.41) is 11.0. The third-order valence-corrected chi connectivity index (χ3v) is 10.8. The topological polar surface area (TPSA) is 38.9 Å². The molecule has 0 aliphatic carbocycles. The Morgan fingerprint density at radius 1 is 0.340 bits per heavy atom. The molecule has 246 valence electrons. The van der Waals surface area contributed by atoms with E-state index in [0.29, 0.717) is 5.58 Å². The van der Waals surface area contributed by atoms with Crippen LogP contribution in [-0.2, 0) is 0 Å². The zero-order valence-corrected chi connectivity index (χ0v) is 28.6. The minimum atomic E-state index is 0.692. The second-order valence-electron chi connectivity index (χ2n) is 13.7. The van der Waals surface area contributed by atoms with Crippen molar-refractivity contribution in [3.63, 3.8) is 0 Å². The maximum absolute atomic E-state index is 6.54. The van der Waals surface area contributed by atoms with Crippen LogP contribution in [0.2, 0.25) is 0 Å². The number of benzene rings is 9. The van der Waals surface area contributed by atoms with E-state index >= 15 is 0 Å². The van der Waals surface area contributed by atoms with Crippen LogP contribution in [0, 0.1) is 0 Å². The van der Waals surface area contributed by atoms with Crippen molar-refractivity contribution in [2.24, 2.45) is 0 Å². The van der Waals surface area contributed by atoms with Gasteiger partial charge in [-0.3, -0.25) is 0 Å². The van der Waals surface area contributed by atoms with Crippen molar-refractivity contribution in [1.82, 2.24) is 9.97 Å². The SMILES string of the molecule is c1cc(-c2ccc3oc4c(-c5cccc(-c6cccc7c6ccc6ccccc67)c5)ncnc4c3c2)cc(-c2cccc3c2ccc2ccccc23)c1. The molecule has 0 amide bonds. The number of aromatic nitrogens is 2. The molecule has 0 saturated heterocycles. The maximum Gasteiger partial charge on any atom is 0.180 e. The van der Waals surface area contributed by atoms with Crippen molar-refractivity contribution in [2.45, 2.75) is 0 Å². The molecular weight excluding hydrogens is 645 g/mol. The fourth-order valence-electron chi connectivity index (χ4n) is 8.25. The van der Waals surface area contributed by atoms with Crippen LogP contribution in [0.5, 0.6) is 0 Å². The molecule has 11 rings (SSSR count). The summed E-state index contributed by atoms with van der Waals surface area (Å²) >= 11 is 0. The summed E-state index contributed by atoms with van der Waals surface area (Å²) in [5.41, 5.74) is 11.0. The fraction of sp³-hybridized carbons (Fsp3) is 0. The molecule has 9 aromatic carbocycles. The fourth-order valence-corrected chi connectivity index (χ4v) is 8.25. The molecule has 2 aromatic heterocycles. The van der Waals surface area contributed by atoms with Gasteiger partial charge in [-0.2, -0.15) is 0 Å². The quantitative estimate of drug-likeness (QED) is 0.174. The zero-order valence-electron chi connectivity index (χ0n) is 28.6. The lowest BCUT2D eigenvalue weighted by Gasteiger charge is -2.11. The second kappa shape index (κ2) is 11.7. The lowest BCUT2D eigenvalue weighted by atomic mass is 9.93. The van der Waals surface area contributed by atoms with E-state index in [1.807, 2.05) is 0 Å². The summed E-state index contributed by atoms with van der Waals surface area (Å²) in [6, 6.07) is 63.1. The van der Waals surface area contributed by atoms with Gasteiger partial charge in [0.15, 0.2) is 5.58 Å². The number of hydrogen-bond donors (Lipinski definition) is 0. The summed E-state index contributed by atoms with van der Waals surface area (Å²) in [5.74, 6) is 0. The Morgan fingerprint density at radius 3 is 1.57 bits per heavy atom. The largest absolute Gasteiger partial charge is 0.452 e. The van der Waals surface area contributed by atoms with Crippen molar-refractivity contribution in [3.8, 4) is 44.6 Å². The van der Waals surface area contributed by atoms with Crippen LogP contribution in [0.25, 0.3) is 110 Å². The number of fused-ring (bicyclic) bond motifs is 9. The maximum atomic E-state index is 6.54. The molecule has 0 aliphatic heterocycles. The van der Waals surface area contributed by atoms with Gasteiger partial charge in [-0.05, 0) is 101 Å². The smallest absolute Gasteiger partial charge is 0.180 e. The Bertz CT molecular complexity index is 3250. The molecule has 0 aliphatic rings. The molecule has 0 radical (unpaired) electrons. The molecule has 53 heavy (non-hydrogen) atoms. The van der Waals surface area contributed by atoms with Crippen LogP contribution in [-0.4, -0.2) is 9.97 Å². The zero-order chi connectivity index (χ0) is 34.9. The van der Waals surface area contributed by atoms with Crippen molar-refractivity contribution in [2.75, 3.05) is 0 Å². The Hall–Kier alpha value is -7.10. The predicted octanol–water partition coefficient (Wildman–Crippen LogP) is 13.7. The highest BCUT2D eigenvalue weighted by Crippen LogP contribution is 2.40. The van der Waals surface area contributed by atoms with Gasteiger partial charge in [0, 0.05) is 10.9 Å². The van der Waals surface area contributed by atoms with Crippen molar-refractivity contribution in [1.29, 1.82) is 0 Å². The molecule has 0 spiro atoms. The normalized spacial score (nSPS) is 11.8. The summed E-state index contributed by atoms with van der Waals surface area (Å²) in [4.78, 5) is 9.54. The molecule has 11 aromatic rings. The minimum absolute atomic E-state index is 0.692. The van der Waals surface area contributed by atoms with Crippen LogP contribution < -0.4 is 0 Å². The van der Waals surface area contributed by atoms with Crippen LogP contribution in [0.15, 0.2) is 187 Å². The van der Waals surface area contributed by atoms with Gasteiger partial charge in [-0.1, -0.05) is 152 Å². The number of nitrogens with zero attached hydrogens (tertiary/aromatic N) is 2. The van der Waals surface area contributed by atoms with E-state index in [2.05, 4.69) is 176 Å². The molecular formula is C50H30N2O. The molecule has 3 nitrogen and oxygen atoms in total. The highest BCUT2D eigenvalue weighted by Gasteiger charge is 2.17. The number of rotatable bonds is 4. The van der Waals surface area contributed by atoms with Gasteiger partial charge in [-0.15, -0.1) is 0 Å². The second-order valence-corrected chi connectivity index (χ2v) is 13.7. The van der Waals surface area contributed by atoms with Gasteiger partial charge >= 0.3 is 0 Å². The first kappa shape index (κ1) is 29.6. The first-order chi connectivity index (χ1) is 26.3. The summed E-state index contributed by atoms with van der Waals surface area (Å²) in [7, 11) is 0. The van der Waals surface area contributed by atoms with Gasteiger partial charge in [0.25, 0.3) is 0 Å². The minimum Gasteiger partial charge on any atom is -0.452 e. The molecule has 3 heteroatoms. The lowest BCUT2D eigenvalue weighted by molar-refractivity contribution is 0.667. The van der Waals surface area contributed by atoms with E-state index < -0.39 is 0 Å². The van der Waals surface area contributed by atoms with Gasteiger partial charge < -0.3 is 4.42 Å². The van der Waals surface area contributed by atoms with Crippen molar-refractivity contribution >= 4 is 65.2 Å². The Labute approximate surface area is 305 Å². The summed E-state index contributed by atoms with van der Waals surface area (Å²) in [6.07, 6.45) is 1.65. The van der Waals surface area contributed by atoms with Gasteiger partial charge in [-0.25, -0.2) is 9.97 Å². The first-order valence-corrected chi connectivity index (χ1v) is 18.0. The van der Waals surface area contributed by atoms with E-state index in [0.717, 1.165) is 44.4 Å². The standard InChI is InChI=1S/C50H30N2O/c1-3-15-38-31(9-1)21-24-44-40(17-7-19-42(38)44)35-12-5-11-33(27-35)34-23-26-47-46(29-34)49-50(53-47)48(51-30-52-49)37-14-6-13-36(28-37)41-18-8-20-43-39-16-4-2-10-32(39)22-25-45(41)43/h1-30H. The average Bonchev–Trinajstić information content (AvgIpc) is 3.61. The molecule has 0 atom stereocenters. The molecule has 0 saturated carbocycles. The van der Waals surface area contributed by atoms with E-state index in [1.165, 1.54) is 59.8 Å². The van der Waals surface area contributed by atoms with Crippen molar-refractivity contribution in [3.05, 3.63) is 182 Å². The van der Waals surface area contributed by atoms with Gasteiger partial charge in [0.05, 0.1) is 0 Å². The van der Waals surface area contributed by atoms with Crippen LogP contribution in [0.3, 0.4) is 0 Å². The van der Waals surface area contributed by atoms with E-state index in [9.17, 15) is 0 Å². The lowest BCUT2D eigenvalue weighted by Crippen LogP contribution is -1.88. The average molecular weight is 675 g/mol. The van der Waals surface area contributed by atoms with Crippen LogP contribution in [0.4, 0.5) is 0 Å². The third-order valence-electron chi connectivity index (χ3n) is 10.8. The van der Waals surface area contributed by atoms with E-state index in [-0.39, 0.29) is 0 Å². The molecule has 0 bridgehead atoms. The molecule has 0 fully saturated rings. The summed E-state index contributed by atoms with van der Waals surface area (Å²) in [6.45, 7) is 0. The van der Waals surface area contributed by atoms with Gasteiger partial charge in [0.1, 0.15) is 23.1 Å². The van der Waals surface area contributed by atoms with Crippen LogP contribution in [0.1, 0.15) is 0 Å². The third kappa shape index (κ3) is 4.75. The Morgan fingerprint density at radius 2 is 0.887 bits per heavy atom. The summed E-state index contributed by atoms with van der Waals surface area (Å²) < 4.78 is 6.54. The highest BCUT2D eigenvalue weighted by molar-refractivity contribution is 6.14. The molecule has 2 heterocycles. The number of furan rings is 1.